The van der Waals surface area contributed by atoms with Crippen molar-refractivity contribution in [2.75, 3.05) is 44.4 Å². The number of likely N-dealkylation sites (tertiary alicyclic amines) is 1. The van der Waals surface area contributed by atoms with E-state index >= 15 is 0 Å². The molecule has 0 spiro atoms. The number of aromatic nitrogens is 3. The van der Waals surface area contributed by atoms with Crippen LogP contribution in [0.25, 0.3) is 22.2 Å². The minimum absolute atomic E-state index is 0.409. The Balaban J connectivity index is 1.27. The number of hydrogen-bond acceptors (Lipinski definition) is 7. The molecule has 8 nitrogen and oxygen atoms in total. The summed E-state index contributed by atoms with van der Waals surface area (Å²) in [4.78, 5) is 11.6. The monoisotopic (exact) mass is 518 g/mol. The maximum absolute atomic E-state index is 6.62. The summed E-state index contributed by atoms with van der Waals surface area (Å²) in [5.41, 5.74) is 11.8. The van der Waals surface area contributed by atoms with Gasteiger partial charge in [-0.15, -0.1) is 0 Å². The van der Waals surface area contributed by atoms with Crippen LogP contribution >= 0.6 is 11.6 Å². The molecule has 0 bridgehead atoms. The molecule has 1 fully saturated rings. The quantitative estimate of drug-likeness (QED) is 0.297. The molecule has 192 valence electrons. The Morgan fingerprint density at radius 2 is 1.97 bits per heavy atom. The van der Waals surface area contributed by atoms with E-state index in [4.69, 9.17) is 31.8 Å². The number of anilines is 3. The van der Waals surface area contributed by atoms with Gasteiger partial charge >= 0.3 is 0 Å². The van der Waals surface area contributed by atoms with Gasteiger partial charge in [-0.25, -0.2) is 9.97 Å². The van der Waals surface area contributed by atoms with Gasteiger partial charge in [-0.05, 0) is 50.4 Å². The van der Waals surface area contributed by atoms with Gasteiger partial charge < -0.3 is 25.1 Å². The fraction of sp³-hybridized carbons (Fsp3) is 0.357. The van der Waals surface area contributed by atoms with Gasteiger partial charge in [-0.1, -0.05) is 29.8 Å². The highest BCUT2D eigenvalue weighted by atomic mass is 35.5. The molecular formula is C28H31ClN6O2. The highest BCUT2D eigenvalue weighted by Gasteiger charge is 2.20. The molecule has 2 aromatic carbocycles. The number of hydrogen-bond donors (Lipinski definition) is 2. The van der Waals surface area contributed by atoms with Crippen molar-refractivity contribution in [3.05, 3.63) is 53.3 Å². The van der Waals surface area contributed by atoms with Crippen LogP contribution in [0, 0.1) is 0 Å². The fourth-order valence-corrected chi connectivity index (χ4v) is 5.63. The summed E-state index contributed by atoms with van der Waals surface area (Å²) in [6.07, 6.45) is 8.51. The first-order valence-corrected chi connectivity index (χ1v) is 13.2. The zero-order chi connectivity index (χ0) is 25.4. The van der Waals surface area contributed by atoms with Crippen LogP contribution in [0.15, 0.2) is 42.7 Å². The molecular weight excluding hydrogens is 488 g/mol. The van der Waals surface area contributed by atoms with E-state index in [0.29, 0.717) is 46.1 Å². The molecule has 6 rings (SSSR count). The number of nitrogens with zero attached hydrogens (tertiary/aromatic N) is 4. The molecule has 4 heterocycles. The maximum atomic E-state index is 6.62. The number of nitrogen functional groups attached to an aromatic ring is 1. The van der Waals surface area contributed by atoms with E-state index in [9.17, 15) is 0 Å². The second-order valence-electron chi connectivity index (χ2n) is 9.66. The minimum atomic E-state index is 0.409. The number of rotatable bonds is 8. The SMILES string of the molecule is COc1cc(OCCN2CCCC2)c(N)cc1Nc1ncc(Cl)c(-c2cn3c4c(cccc24)CCC3)n1. The van der Waals surface area contributed by atoms with E-state index in [1.165, 1.54) is 23.9 Å². The Morgan fingerprint density at radius 3 is 2.81 bits per heavy atom. The van der Waals surface area contributed by atoms with Crippen LogP contribution in [-0.2, 0) is 13.0 Å². The Morgan fingerprint density at radius 1 is 1.11 bits per heavy atom. The van der Waals surface area contributed by atoms with Crippen molar-refractivity contribution >= 4 is 39.8 Å². The zero-order valence-corrected chi connectivity index (χ0v) is 21.7. The minimum Gasteiger partial charge on any atom is -0.494 e. The molecule has 1 saturated heterocycles. The Hall–Kier alpha value is -3.49. The molecule has 0 amide bonds. The lowest BCUT2D eigenvalue weighted by molar-refractivity contribution is 0.238. The summed E-state index contributed by atoms with van der Waals surface area (Å²) in [5.74, 6) is 1.61. The average Bonchev–Trinajstić information content (AvgIpc) is 3.56. The fourth-order valence-electron chi connectivity index (χ4n) is 5.44. The second kappa shape index (κ2) is 10.1. The third kappa shape index (κ3) is 4.67. The molecule has 0 aliphatic carbocycles. The van der Waals surface area contributed by atoms with Crippen molar-refractivity contribution in [1.29, 1.82) is 0 Å². The molecule has 2 aromatic heterocycles. The number of ether oxygens (including phenoxy) is 2. The number of halogens is 1. The summed E-state index contributed by atoms with van der Waals surface area (Å²) in [5, 5.41) is 4.92. The smallest absolute Gasteiger partial charge is 0.227 e. The highest BCUT2D eigenvalue weighted by Crippen LogP contribution is 2.39. The topological polar surface area (TPSA) is 90.5 Å². The van der Waals surface area contributed by atoms with E-state index in [0.717, 1.165) is 50.0 Å². The molecule has 9 heteroatoms. The first kappa shape index (κ1) is 23.9. The van der Waals surface area contributed by atoms with Gasteiger partial charge in [0.05, 0.1) is 40.9 Å². The van der Waals surface area contributed by atoms with Gasteiger partial charge in [0.1, 0.15) is 18.1 Å². The van der Waals surface area contributed by atoms with Crippen LogP contribution in [0.1, 0.15) is 24.8 Å². The maximum Gasteiger partial charge on any atom is 0.227 e. The first-order chi connectivity index (χ1) is 18.1. The van der Waals surface area contributed by atoms with Gasteiger partial charge in [0.15, 0.2) is 0 Å². The van der Waals surface area contributed by atoms with Gasteiger partial charge in [0.2, 0.25) is 5.95 Å². The van der Waals surface area contributed by atoms with Crippen molar-refractivity contribution in [2.45, 2.75) is 32.2 Å². The van der Waals surface area contributed by atoms with E-state index in [2.05, 4.69) is 44.2 Å². The first-order valence-electron chi connectivity index (χ1n) is 12.8. The lowest BCUT2D eigenvalue weighted by atomic mass is 10.0. The third-order valence-electron chi connectivity index (χ3n) is 7.27. The van der Waals surface area contributed by atoms with E-state index in [1.54, 1.807) is 19.4 Å². The van der Waals surface area contributed by atoms with Crippen LogP contribution in [0.5, 0.6) is 11.5 Å². The molecule has 0 unspecified atom stereocenters. The molecule has 2 aliphatic heterocycles. The summed E-state index contributed by atoms with van der Waals surface area (Å²) < 4.78 is 13.9. The molecule has 0 saturated carbocycles. The van der Waals surface area contributed by atoms with E-state index in [1.807, 2.05) is 6.07 Å². The number of para-hydroxylation sites is 1. The van der Waals surface area contributed by atoms with Crippen molar-refractivity contribution < 1.29 is 9.47 Å². The Kier molecular flexibility index (Phi) is 6.52. The van der Waals surface area contributed by atoms with Crippen molar-refractivity contribution in [3.8, 4) is 22.8 Å². The third-order valence-corrected chi connectivity index (χ3v) is 7.55. The normalized spacial score (nSPS) is 15.3. The summed E-state index contributed by atoms with van der Waals surface area (Å²) in [6.45, 7) is 4.73. The van der Waals surface area contributed by atoms with Crippen LogP contribution in [0.3, 0.4) is 0 Å². The van der Waals surface area contributed by atoms with Crippen LogP contribution in [0.2, 0.25) is 5.02 Å². The van der Waals surface area contributed by atoms with Crippen molar-refractivity contribution in [2.24, 2.45) is 0 Å². The number of benzene rings is 2. The van der Waals surface area contributed by atoms with E-state index in [-0.39, 0.29) is 0 Å². The molecule has 0 radical (unpaired) electrons. The average molecular weight is 519 g/mol. The molecule has 0 atom stereocenters. The van der Waals surface area contributed by atoms with Gasteiger partial charge in [0, 0.05) is 36.3 Å². The Bertz CT molecular complexity index is 1450. The highest BCUT2D eigenvalue weighted by molar-refractivity contribution is 6.33. The molecule has 4 aromatic rings. The lowest BCUT2D eigenvalue weighted by Gasteiger charge is -2.18. The number of aryl methyl sites for hydroxylation is 2. The molecule has 3 N–H and O–H groups in total. The van der Waals surface area contributed by atoms with Crippen LogP contribution in [-0.4, -0.2) is 52.8 Å². The Labute approximate surface area is 221 Å². The molecule has 2 aliphatic rings. The van der Waals surface area contributed by atoms with E-state index < -0.39 is 0 Å². The largest absolute Gasteiger partial charge is 0.494 e. The number of methoxy groups -OCH3 is 1. The predicted molar refractivity (Wildman–Crippen MR) is 148 cm³/mol. The zero-order valence-electron chi connectivity index (χ0n) is 21.0. The predicted octanol–water partition coefficient (Wildman–Crippen LogP) is 5.51. The van der Waals surface area contributed by atoms with Crippen LogP contribution in [0.4, 0.5) is 17.3 Å². The van der Waals surface area contributed by atoms with Crippen molar-refractivity contribution in [3.63, 3.8) is 0 Å². The standard InChI is InChI=1S/C28H31ClN6O2/c1-36-25-15-24(37-13-12-34-9-2-3-10-34)22(30)14-23(25)32-28-31-16-21(29)26(33-28)20-17-35-11-5-7-18-6-4-8-19(20)27(18)35/h4,6,8,14-17H,2-3,5,7,9-13,30H2,1H3,(H,31,32,33). The summed E-state index contributed by atoms with van der Waals surface area (Å²) >= 11 is 6.62. The number of nitrogens with one attached hydrogen (secondary N) is 1. The lowest BCUT2D eigenvalue weighted by Crippen LogP contribution is -2.25. The van der Waals surface area contributed by atoms with Gasteiger partial charge in [-0.3, -0.25) is 4.90 Å². The molecule has 37 heavy (non-hydrogen) atoms. The van der Waals surface area contributed by atoms with Crippen LogP contribution < -0.4 is 20.5 Å². The van der Waals surface area contributed by atoms with Gasteiger partial charge in [0.25, 0.3) is 0 Å². The second-order valence-corrected chi connectivity index (χ2v) is 10.1. The summed E-state index contributed by atoms with van der Waals surface area (Å²) in [6, 6.07) is 10.0. The summed E-state index contributed by atoms with van der Waals surface area (Å²) in [7, 11) is 1.62. The number of nitrogens with two attached hydrogens (primary N) is 1. The van der Waals surface area contributed by atoms with Gasteiger partial charge in [-0.2, -0.15) is 0 Å². The van der Waals surface area contributed by atoms with Crippen molar-refractivity contribution in [1.82, 2.24) is 19.4 Å².